The van der Waals surface area contributed by atoms with Crippen LogP contribution in [-0.4, -0.2) is 38.5 Å². The monoisotopic (exact) mass is 410 g/mol. The van der Waals surface area contributed by atoms with Gasteiger partial charge in [0.25, 0.3) is 0 Å². The van der Waals surface area contributed by atoms with Crippen molar-refractivity contribution in [3.05, 3.63) is 53.7 Å². The van der Waals surface area contributed by atoms with E-state index in [4.69, 9.17) is 23.5 Å². The number of ether oxygens (including phenoxy) is 4. The molecule has 0 atom stereocenters. The Hall–Kier alpha value is -3.68. The Balaban J connectivity index is 1.36. The van der Waals surface area contributed by atoms with Gasteiger partial charge < -0.3 is 28.8 Å². The smallest absolute Gasteiger partial charge is 0.224 e. The van der Waals surface area contributed by atoms with E-state index in [0.717, 1.165) is 11.1 Å². The van der Waals surface area contributed by atoms with E-state index in [0.29, 0.717) is 47.7 Å². The van der Waals surface area contributed by atoms with Crippen molar-refractivity contribution in [1.29, 1.82) is 0 Å². The fourth-order valence-electron chi connectivity index (χ4n) is 3.16. The topological polar surface area (TPSA) is 92.1 Å². The van der Waals surface area contributed by atoms with Crippen LogP contribution in [0.5, 0.6) is 23.0 Å². The lowest BCUT2D eigenvalue weighted by Gasteiger charge is -2.18. The number of carbonyl (C=O) groups excluding carboxylic acids is 1. The quantitative estimate of drug-likeness (QED) is 0.640. The molecule has 1 amide bonds. The van der Waals surface area contributed by atoms with Crippen molar-refractivity contribution in [3.63, 3.8) is 0 Å². The van der Waals surface area contributed by atoms with Gasteiger partial charge >= 0.3 is 0 Å². The SMILES string of the molecule is COc1ccc(CC(=O)NCc2cc(-c3ccc4c(c3)OCCO4)on2)cc1OC. The fraction of sp³-hybridized carbons (Fsp3) is 0.273. The first-order chi connectivity index (χ1) is 14.7. The molecule has 1 N–H and O–H groups in total. The van der Waals surface area contributed by atoms with Crippen LogP contribution in [-0.2, 0) is 17.8 Å². The van der Waals surface area contributed by atoms with E-state index in [1.54, 1.807) is 32.4 Å². The summed E-state index contributed by atoms with van der Waals surface area (Å²) in [6.45, 7) is 1.33. The molecule has 8 nitrogen and oxygen atoms in total. The first kappa shape index (κ1) is 19.6. The standard InChI is InChI=1S/C22H22N2O6/c1-26-17-5-3-14(9-20(17)27-2)10-22(25)23-13-16-12-19(30-24-16)15-4-6-18-21(11-15)29-8-7-28-18/h3-6,9,11-12H,7-8,10,13H2,1-2H3,(H,23,25). The van der Waals surface area contributed by atoms with Crippen LogP contribution in [0.2, 0.25) is 0 Å². The van der Waals surface area contributed by atoms with Crippen molar-refractivity contribution in [1.82, 2.24) is 10.5 Å². The lowest BCUT2D eigenvalue weighted by Crippen LogP contribution is -2.24. The summed E-state index contributed by atoms with van der Waals surface area (Å²) in [6, 6.07) is 12.8. The van der Waals surface area contributed by atoms with Crippen LogP contribution < -0.4 is 24.3 Å². The molecule has 0 bridgehead atoms. The van der Waals surface area contributed by atoms with E-state index in [1.807, 2.05) is 24.3 Å². The third-order valence-electron chi connectivity index (χ3n) is 4.66. The first-order valence-corrected chi connectivity index (χ1v) is 9.49. The van der Waals surface area contributed by atoms with Gasteiger partial charge in [0, 0.05) is 11.6 Å². The Kier molecular flexibility index (Phi) is 5.74. The van der Waals surface area contributed by atoms with Crippen LogP contribution >= 0.6 is 0 Å². The van der Waals surface area contributed by atoms with E-state index in [2.05, 4.69) is 10.5 Å². The van der Waals surface area contributed by atoms with Crippen LogP contribution in [0, 0.1) is 0 Å². The van der Waals surface area contributed by atoms with Crippen LogP contribution in [0.25, 0.3) is 11.3 Å². The van der Waals surface area contributed by atoms with Gasteiger partial charge in [-0.25, -0.2) is 0 Å². The molecular formula is C22H22N2O6. The molecule has 0 aliphatic carbocycles. The van der Waals surface area contributed by atoms with Crippen LogP contribution in [0.1, 0.15) is 11.3 Å². The molecule has 0 unspecified atom stereocenters. The number of fused-ring (bicyclic) bond motifs is 1. The lowest BCUT2D eigenvalue weighted by atomic mass is 10.1. The van der Waals surface area contributed by atoms with Crippen LogP contribution in [0.4, 0.5) is 0 Å². The molecule has 3 aromatic rings. The number of amides is 1. The minimum absolute atomic E-state index is 0.133. The predicted octanol–water partition coefficient (Wildman–Crippen LogP) is 2.99. The number of methoxy groups -OCH3 is 2. The zero-order valence-electron chi connectivity index (χ0n) is 16.8. The van der Waals surface area contributed by atoms with E-state index in [1.165, 1.54) is 0 Å². The molecule has 30 heavy (non-hydrogen) atoms. The van der Waals surface area contributed by atoms with Gasteiger partial charge in [0.15, 0.2) is 28.8 Å². The van der Waals surface area contributed by atoms with E-state index in [9.17, 15) is 4.79 Å². The summed E-state index contributed by atoms with van der Waals surface area (Å²) >= 11 is 0. The maximum Gasteiger partial charge on any atom is 0.224 e. The number of hydrogen-bond acceptors (Lipinski definition) is 7. The largest absolute Gasteiger partial charge is 0.493 e. The maximum absolute atomic E-state index is 12.3. The average molecular weight is 410 g/mol. The summed E-state index contributed by atoms with van der Waals surface area (Å²) in [6.07, 6.45) is 0.215. The summed E-state index contributed by atoms with van der Waals surface area (Å²) in [5, 5.41) is 6.89. The van der Waals surface area contributed by atoms with E-state index >= 15 is 0 Å². The highest BCUT2D eigenvalue weighted by Crippen LogP contribution is 2.34. The molecule has 1 aromatic heterocycles. The summed E-state index contributed by atoms with van der Waals surface area (Å²) in [4.78, 5) is 12.3. The van der Waals surface area contributed by atoms with Gasteiger partial charge in [-0.3, -0.25) is 4.79 Å². The highest BCUT2D eigenvalue weighted by atomic mass is 16.6. The molecule has 1 aliphatic rings. The van der Waals surface area contributed by atoms with Crippen molar-refractivity contribution in [2.75, 3.05) is 27.4 Å². The van der Waals surface area contributed by atoms with Gasteiger partial charge in [0.2, 0.25) is 5.91 Å². The number of carbonyl (C=O) groups is 1. The van der Waals surface area contributed by atoms with E-state index < -0.39 is 0 Å². The highest BCUT2D eigenvalue weighted by molar-refractivity contribution is 5.78. The summed E-state index contributed by atoms with van der Waals surface area (Å²) in [5.41, 5.74) is 2.28. The molecule has 156 valence electrons. The molecule has 0 spiro atoms. The Morgan fingerprint density at radius 2 is 1.80 bits per heavy atom. The molecule has 2 heterocycles. The zero-order valence-corrected chi connectivity index (χ0v) is 16.8. The van der Waals surface area contributed by atoms with Gasteiger partial charge in [-0.1, -0.05) is 11.2 Å². The lowest BCUT2D eigenvalue weighted by molar-refractivity contribution is -0.120. The number of hydrogen-bond donors (Lipinski definition) is 1. The third kappa shape index (κ3) is 4.32. The van der Waals surface area contributed by atoms with E-state index in [-0.39, 0.29) is 18.9 Å². The normalized spacial score (nSPS) is 12.3. The van der Waals surface area contributed by atoms with Crippen LogP contribution in [0.15, 0.2) is 47.0 Å². The summed E-state index contributed by atoms with van der Waals surface area (Å²) in [5.74, 6) is 3.06. The molecule has 0 saturated carbocycles. The second-order valence-corrected chi connectivity index (χ2v) is 6.68. The summed E-state index contributed by atoms with van der Waals surface area (Å²) in [7, 11) is 3.13. The second kappa shape index (κ2) is 8.77. The van der Waals surface area contributed by atoms with Crippen molar-refractivity contribution < 1.29 is 28.3 Å². The molecule has 0 radical (unpaired) electrons. The van der Waals surface area contributed by atoms with Gasteiger partial charge in [0.1, 0.15) is 18.9 Å². The number of aromatic nitrogens is 1. The molecule has 8 heteroatoms. The van der Waals surface area contributed by atoms with Crippen LogP contribution in [0.3, 0.4) is 0 Å². The number of nitrogens with zero attached hydrogens (tertiary/aromatic N) is 1. The molecule has 1 aliphatic heterocycles. The Morgan fingerprint density at radius 1 is 1.00 bits per heavy atom. The van der Waals surface area contributed by atoms with Crippen molar-refractivity contribution >= 4 is 5.91 Å². The predicted molar refractivity (Wildman–Crippen MR) is 108 cm³/mol. The molecule has 0 fully saturated rings. The molecule has 4 rings (SSSR count). The van der Waals surface area contributed by atoms with Crippen molar-refractivity contribution in [2.45, 2.75) is 13.0 Å². The molecule has 2 aromatic carbocycles. The third-order valence-corrected chi connectivity index (χ3v) is 4.66. The Morgan fingerprint density at radius 3 is 2.60 bits per heavy atom. The number of benzene rings is 2. The minimum Gasteiger partial charge on any atom is -0.493 e. The van der Waals surface area contributed by atoms with Gasteiger partial charge in [-0.15, -0.1) is 0 Å². The number of rotatable bonds is 7. The Bertz CT molecular complexity index is 1050. The maximum atomic E-state index is 12.3. The highest BCUT2D eigenvalue weighted by Gasteiger charge is 2.15. The fourth-order valence-corrected chi connectivity index (χ4v) is 3.16. The number of nitrogens with one attached hydrogen (secondary N) is 1. The van der Waals surface area contributed by atoms with Crippen molar-refractivity contribution in [3.8, 4) is 34.3 Å². The first-order valence-electron chi connectivity index (χ1n) is 9.49. The molecular weight excluding hydrogens is 388 g/mol. The average Bonchev–Trinajstić information content (AvgIpc) is 3.26. The van der Waals surface area contributed by atoms with Gasteiger partial charge in [0.05, 0.1) is 27.2 Å². The summed E-state index contributed by atoms with van der Waals surface area (Å²) < 4.78 is 27.0. The Labute approximate surface area is 173 Å². The zero-order chi connectivity index (χ0) is 20.9. The minimum atomic E-state index is -0.133. The van der Waals surface area contributed by atoms with Crippen molar-refractivity contribution in [2.24, 2.45) is 0 Å². The molecule has 0 saturated heterocycles. The van der Waals surface area contributed by atoms with Gasteiger partial charge in [-0.05, 0) is 35.9 Å². The second-order valence-electron chi connectivity index (χ2n) is 6.68. The van der Waals surface area contributed by atoms with Gasteiger partial charge in [-0.2, -0.15) is 0 Å².